The summed E-state index contributed by atoms with van der Waals surface area (Å²) in [5, 5.41) is 6.79. The van der Waals surface area contributed by atoms with E-state index in [-0.39, 0.29) is 24.9 Å². The number of furan rings is 1. The van der Waals surface area contributed by atoms with E-state index in [0.29, 0.717) is 18.0 Å². The monoisotopic (exact) mass is 385 g/mol. The first-order valence-electron chi connectivity index (χ1n) is 8.57. The largest absolute Gasteiger partial charge is 0.467 e. The van der Waals surface area contributed by atoms with Crippen LogP contribution in [0, 0.1) is 5.82 Å². The summed E-state index contributed by atoms with van der Waals surface area (Å²) in [6, 6.07) is 9.11. The Morgan fingerprint density at radius 3 is 2.64 bits per heavy atom. The summed E-state index contributed by atoms with van der Waals surface area (Å²) in [4.78, 5) is 38.5. The number of amides is 1. The fourth-order valence-corrected chi connectivity index (χ4v) is 2.99. The van der Waals surface area contributed by atoms with Crippen LogP contribution in [-0.2, 0) is 24.4 Å². The maximum absolute atomic E-state index is 13.2. The first kappa shape index (κ1) is 17.7. The van der Waals surface area contributed by atoms with E-state index in [1.54, 1.807) is 29.2 Å². The average molecular weight is 385 g/mol. The molecule has 0 unspecified atom stereocenters. The number of carbonyl (C=O) groups excluding carboxylic acids is 1. The summed E-state index contributed by atoms with van der Waals surface area (Å²) in [6.45, 7) is 0.438. The number of rotatable bonds is 5. The van der Waals surface area contributed by atoms with Gasteiger partial charge in [0.15, 0.2) is 0 Å². The molecule has 1 aromatic carbocycles. The highest BCUT2D eigenvalue weighted by Gasteiger charge is 2.26. The number of anilines is 2. The molecular formula is C18H16FN5O4. The number of aromatic nitrogens is 3. The summed E-state index contributed by atoms with van der Waals surface area (Å²) < 4.78 is 20.4. The van der Waals surface area contributed by atoms with E-state index in [0.717, 1.165) is 4.68 Å². The molecule has 0 aliphatic carbocycles. The summed E-state index contributed by atoms with van der Waals surface area (Å²) in [5.74, 6) is -0.0756. The van der Waals surface area contributed by atoms with Crippen molar-refractivity contribution in [3.63, 3.8) is 0 Å². The van der Waals surface area contributed by atoms with Gasteiger partial charge in [0.2, 0.25) is 11.9 Å². The second-order valence-corrected chi connectivity index (χ2v) is 6.20. The van der Waals surface area contributed by atoms with E-state index in [9.17, 15) is 18.8 Å². The van der Waals surface area contributed by atoms with Crippen LogP contribution in [0.2, 0.25) is 0 Å². The summed E-state index contributed by atoms with van der Waals surface area (Å²) in [7, 11) is 0. The van der Waals surface area contributed by atoms with Crippen LogP contribution in [0.1, 0.15) is 5.76 Å². The maximum atomic E-state index is 13.2. The molecule has 3 aromatic rings. The van der Waals surface area contributed by atoms with Gasteiger partial charge in [0, 0.05) is 18.8 Å². The van der Waals surface area contributed by atoms with Gasteiger partial charge >= 0.3 is 11.1 Å². The van der Waals surface area contributed by atoms with E-state index >= 15 is 0 Å². The zero-order valence-electron chi connectivity index (χ0n) is 14.7. The molecule has 0 saturated carbocycles. The van der Waals surface area contributed by atoms with Crippen molar-refractivity contribution in [2.24, 2.45) is 0 Å². The van der Waals surface area contributed by atoms with E-state index in [2.05, 4.69) is 10.4 Å². The second kappa shape index (κ2) is 7.14. The summed E-state index contributed by atoms with van der Waals surface area (Å²) >= 11 is 0. The van der Waals surface area contributed by atoms with Crippen LogP contribution < -0.4 is 21.3 Å². The van der Waals surface area contributed by atoms with Crippen molar-refractivity contribution in [3.05, 3.63) is 74.9 Å². The highest BCUT2D eigenvalue weighted by Crippen LogP contribution is 2.26. The van der Waals surface area contributed by atoms with Crippen molar-refractivity contribution in [1.82, 2.24) is 19.7 Å². The van der Waals surface area contributed by atoms with Gasteiger partial charge < -0.3 is 14.6 Å². The molecular weight excluding hydrogens is 369 g/mol. The van der Waals surface area contributed by atoms with Crippen molar-refractivity contribution >= 4 is 17.5 Å². The number of benzene rings is 1. The third-order valence-corrected chi connectivity index (χ3v) is 4.37. The van der Waals surface area contributed by atoms with E-state index in [4.69, 9.17) is 4.42 Å². The number of hydrogen-bond acceptors (Lipinski definition) is 6. The molecule has 0 bridgehead atoms. The molecule has 1 aliphatic heterocycles. The molecule has 0 radical (unpaired) electrons. The Morgan fingerprint density at radius 2 is 1.93 bits per heavy atom. The van der Waals surface area contributed by atoms with Crippen LogP contribution >= 0.6 is 0 Å². The summed E-state index contributed by atoms with van der Waals surface area (Å²) in [5.41, 5.74) is -1.00. The molecule has 0 fully saturated rings. The minimum Gasteiger partial charge on any atom is -0.467 e. The lowest BCUT2D eigenvalue weighted by atomic mass is 10.3. The molecule has 9 nitrogen and oxygen atoms in total. The zero-order chi connectivity index (χ0) is 19.7. The number of halogens is 1. The van der Waals surface area contributed by atoms with E-state index in [1.807, 2.05) is 0 Å². The van der Waals surface area contributed by atoms with Gasteiger partial charge in [-0.15, -0.1) is 5.10 Å². The zero-order valence-corrected chi connectivity index (χ0v) is 14.7. The molecule has 4 rings (SSSR count). The Labute approximate surface area is 157 Å². The molecule has 10 heteroatoms. The molecule has 1 N–H and O–H groups in total. The van der Waals surface area contributed by atoms with Crippen LogP contribution in [0.25, 0.3) is 0 Å². The molecule has 28 heavy (non-hydrogen) atoms. The number of nitrogens with zero attached hydrogens (tertiary/aromatic N) is 4. The molecule has 1 amide bonds. The molecule has 0 atom stereocenters. The minimum atomic E-state index is -0.877. The predicted molar refractivity (Wildman–Crippen MR) is 96.7 cm³/mol. The van der Waals surface area contributed by atoms with Crippen LogP contribution in [0.3, 0.4) is 0 Å². The highest BCUT2D eigenvalue weighted by molar-refractivity contribution is 5.75. The number of nitrogens with one attached hydrogen (secondary N) is 1. The first-order valence-corrected chi connectivity index (χ1v) is 8.57. The molecule has 144 valence electrons. The Balaban J connectivity index is 1.59. The average Bonchev–Trinajstić information content (AvgIpc) is 3.35. The van der Waals surface area contributed by atoms with Crippen molar-refractivity contribution in [2.75, 3.05) is 11.4 Å². The normalized spacial score (nSPS) is 12.8. The van der Waals surface area contributed by atoms with Gasteiger partial charge in [0.1, 0.15) is 18.1 Å². The Bertz CT molecular complexity index is 1120. The van der Waals surface area contributed by atoms with Crippen LogP contribution in [0.4, 0.5) is 16.0 Å². The Hall–Kier alpha value is -3.69. The van der Waals surface area contributed by atoms with Gasteiger partial charge in [0.05, 0.1) is 12.8 Å². The molecule has 2 aromatic heterocycles. The molecule has 1 aliphatic rings. The Kier molecular flexibility index (Phi) is 4.52. The van der Waals surface area contributed by atoms with Crippen LogP contribution in [0.15, 0.2) is 56.7 Å². The van der Waals surface area contributed by atoms with Crippen molar-refractivity contribution in [2.45, 2.75) is 19.6 Å². The molecule has 3 heterocycles. The third-order valence-electron chi connectivity index (χ3n) is 4.37. The van der Waals surface area contributed by atoms with Crippen LogP contribution in [0.5, 0.6) is 0 Å². The lowest BCUT2D eigenvalue weighted by Crippen LogP contribution is -2.44. The SMILES string of the molecule is O=C(Cn1nc2n(c(=O)c1=O)CCN2c1ccc(F)cc1)NCc1ccco1. The fraction of sp³-hybridized carbons (Fsp3) is 0.222. The lowest BCUT2D eigenvalue weighted by Gasteiger charge is -2.17. The molecule has 0 spiro atoms. The van der Waals surface area contributed by atoms with Crippen molar-refractivity contribution in [3.8, 4) is 0 Å². The van der Waals surface area contributed by atoms with Crippen molar-refractivity contribution in [1.29, 1.82) is 0 Å². The highest BCUT2D eigenvalue weighted by atomic mass is 19.1. The van der Waals surface area contributed by atoms with Gasteiger partial charge in [-0.3, -0.25) is 19.0 Å². The number of hydrogen-bond donors (Lipinski definition) is 1. The van der Waals surface area contributed by atoms with Gasteiger partial charge in [-0.05, 0) is 36.4 Å². The minimum absolute atomic E-state index is 0.159. The van der Waals surface area contributed by atoms with E-state index < -0.39 is 23.6 Å². The fourth-order valence-electron chi connectivity index (χ4n) is 2.99. The van der Waals surface area contributed by atoms with Gasteiger partial charge in [0.25, 0.3) is 0 Å². The van der Waals surface area contributed by atoms with Gasteiger partial charge in [-0.1, -0.05) is 0 Å². The quantitative estimate of drug-likeness (QED) is 0.646. The number of carbonyl (C=O) groups is 1. The molecule has 0 saturated heterocycles. The second-order valence-electron chi connectivity index (χ2n) is 6.20. The van der Waals surface area contributed by atoms with Crippen LogP contribution in [-0.4, -0.2) is 26.8 Å². The van der Waals surface area contributed by atoms with Gasteiger partial charge in [-0.2, -0.15) is 0 Å². The maximum Gasteiger partial charge on any atom is 0.333 e. The Morgan fingerprint density at radius 1 is 1.14 bits per heavy atom. The first-order chi connectivity index (χ1) is 13.5. The predicted octanol–water partition coefficient (Wildman–Crippen LogP) is 0.605. The topological polar surface area (TPSA) is 102 Å². The van der Waals surface area contributed by atoms with Crippen molar-refractivity contribution < 1.29 is 13.6 Å². The lowest BCUT2D eigenvalue weighted by molar-refractivity contribution is -0.122. The standard InChI is InChI=1S/C18H16FN5O4/c19-12-3-5-13(6-4-12)22-7-8-23-16(26)17(27)24(21-18(22)23)11-15(25)20-10-14-2-1-9-28-14/h1-6,9H,7-8,10-11H2,(H,20,25). The van der Waals surface area contributed by atoms with Gasteiger partial charge in [-0.25, -0.2) is 9.07 Å². The third kappa shape index (κ3) is 3.31. The summed E-state index contributed by atoms with van der Waals surface area (Å²) in [6.07, 6.45) is 1.49. The smallest absolute Gasteiger partial charge is 0.333 e. The number of fused-ring (bicyclic) bond motifs is 1. The van der Waals surface area contributed by atoms with E-state index in [1.165, 1.54) is 23.0 Å².